The van der Waals surface area contributed by atoms with Crippen molar-refractivity contribution in [2.45, 2.75) is 12.8 Å². The molecule has 1 aromatic carbocycles. The Kier molecular flexibility index (Phi) is 4.14. The van der Waals surface area contributed by atoms with Crippen LogP contribution in [0.1, 0.15) is 12.8 Å². The molecule has 2 heterocycles. The van der Waals surface area contributed by atoms with Crippen molar-refractivity contribution >= 4 is 42.6 Å². The molecule has 0 atom stereocenters. The molecule has 1 aliphatic rings. The molecule has 20 heavy (non-hydrogen) atoms. The van der Waals surface area contributed by atoms with Crippen LogP contribution < -0.4 is 9.64 Å². The number of aliphatic hydroxyl groups is 1. The quantitative estimate of drug-likeness (QED) is 0.916. The Morgan fingerprint density at radius 3 is 2.85 bits per heavy atom. The number of nitrogens with zero attached hydrogens (tertiary/aromatic N) is 2. The van der Waals surface area contributed by atoms with Crippen LogP contribution in [-0.2, 0) is 0 Å². The van der Waals surface area contributed by atoms with Gasteiger partial charge in [0.05, 0.1) is 21.8 Å². The van der Waals surface area contributed by atoms with Gasteiger partial charge in [0.25, 0.3) is 0 Å². The molecule has 2 aromatic rings. The van der Waals surface area contributed by atoms with Crippen LogP contribution in [0.25, 0.3) is 10.2 Å². The lowest BCUT2D eigenvalue weighted by molar-refractivity contribution is 0.203. The predicted octanol–water partition coefficient (Wildman–Crippen LogP) is 3.28. The van der Waals surface area contributed by atoms with E-state index < -0.39 is 0 Å². The number of hydrogen-bond donors (Lipinski definition) is 1. The third-order valence-corrected chi connectivity index (χ3v) is 5.49. The maximum atomic E-state index is 9.20. The standard InChI is InChI=1S/C14H17BrN2O2S/c1-19-12-7-11-13(6-10(12)15)20-14(16-11)17-4-2-9(8-18)3-5-17/h6-7,9,18H,2-5,8H2,1H3. The van der Waals surface area contributed by atoms with E-state index in [1.165, 1.54) is 0 Å². The van der Waals surface area contributed by atoms with E-state index in [1.54, 1.807) is 18.4 Å². The minimum absolute atomic E-state index is 0.303. The number of ether oxygens (including phenoxy) is 1. The number of anilines is 1. The van der Waals surface area contributed by atoms with Gasteiger partial charge in [-0.1, -0.05) is 11.3 Å². The number of thiazole rings is 1. The predicted molar refractivity (Wildman–Crippen MR) is 85.9 cm³/mol. The van der Waals surface area contributed by atoms with E-state index in [4.69, 9.17) is 9.72 Å². The van der Waals surface area contributed by atoms with Gasteiger partial charge in [0.2, 0.25) is 0 Å². The Hall–Kier alpha value is -0.850. The number of aromatic nitrogens is 1. The van der Waals surface area contributed by atoms with E-state index in [1.807, 2.05) is 6.07 Å². The molecular formula is C14H17BrN2O2S. The molecule has 0 spiro atoms. The maximum Gasteiger partial charge on any atom is 0.186 e. The van der Waals surface area contributed by atoms with Crippen LogP contribution in [0.15, 0.2) is 16.6 Å². The van der Waals surface area contributed by atoms with Gasteiger partial charge >= 0.3 is 0 Å². The molecule has 1 N–H and O–H groups in total. The lowest BCUT2D eigenvalue weighted by Gasteiger charge is -2.30. The van der Waals surface area contributed by atoms with Crippen LogP contribution in [-0.4, -0.2) is 36.9 Å². The minimum Gasteiger partial charge on any atom is -0.495 e. The lowest BCUT2D eigenvalue weighted by Crippen LogP contribution is -2.34. The highest BCUT2D eigenvalue weighted by molar-refractivity contribution is 9.10. The number of fused-ring (bicyclic) bond motifs is 1. The van der Waals surface area contributed by atoms with Crippen molar-refractivity contribution < 1.29 is 9.84 Å². The first kappa shape index (κ1) is 14.1. The summed E-state index contributed by atoms with van der Waals surface area (Å²) in [6.45, 7) is 2.25. The number of aliphatic hydroxyl groups excluding tert-OH is 1. The Balaban J connectivity index is 1.86. The van der Waals surface area contributed by atoms with Crippen molar-refractivity contribution in [3.05, 3.63) is 16.6 Å². The summed E-state index contributed by atoms with van der Waals surface area (Å²) < 4.78 is 7.44. The number of halogens is 1. The summed E-state index contributed by atoms with van der Waals surface area (Å²) >= 11 is 5.23. The van der Waals surface area contributed by atoms with Crippen molar-refractivity contribution in [1.82, 2.24) is 4.98 Å². The van der Waals surface area contributed by atoms with E-state index in [-0.39, 0.29) is 0 Å². The fourth-order valence-electron chi connectivity index (χ4n) is 2.52. The van der Waals surface area contributed by atoms with Crippen molar-refractivity contribution in [3.8, 4) is 5.75 Å². The number of rotatable bonds is 3. The summed E-state index contributed by atoms with van der Waals surface area (Å²) in [4.78, 5) is 7.03. The molecule has 0 saturated carbocycles. The Bertz CT molecular complexity index is 608. The zero-order valence-electron chi connectivity index (χ0n) is 11.3. The number of piperidine rings is 1. The molecule has 1 saturated heterocycles. The van der Waals surface area contributed by atoms with Crippen LogP contribution in [0, 0.1) is 5.92 Å². The summed E-state index contributed by atoms with van der Waals surface area (Å²) in [5, 5.41) is 10.3. The molecule has 0 amide bonds. The summed E-state index contributed by atoms with van der Waals surface area (Å²) in [5.74, 6) is 1.27. The van der Waals surface area contributed by atoms with E-state index >= 15 is 0 Å². The first-order chi connectivity index (χ1) is 9.71. The molecule has 3 rings (SSSR count). The first-order valence-corrected chi connectivity index (χ1v) is 8.32. The molecule has 4 nitrogen and oxygen atoms in total. The Labute approximate surface area is 130 Å². The summed E-state index contributed by atoms with van der Waals surface area (Å²) in [6.07, 6.45) is 2.08. The number of methoxy groups -OCH3 is 1. The Morgan fingerprint density at radius 2 is 2.20 bits per heavy atom. The van der Waals surface area contributed by atoms with Gasteiger partial charge in [0, 0.05) is 25.8 Å². The number of hydrogen-bond acceptors (Lipinski definition) is 5. The van der Waals surface area contributed by atoms with Crippen molar-refractivity contribution in [2.75, 3.05) is 31.7 Å². The molecule has 1 aromatic heterocycles. The average molecular weight is 357 g/mol. The zero-order valence-corrected chi connectivity index (χ0v) is 13.7. The zero-order chi connectivity index (χ0) is 14.1. The van der Waals surface area contributed by atoms with Gasteiger partial charge in [-0.15, -0.1) is 0 Å². The van der Waals surface area contributed by atoms with Gasteiger partial charge in [-0.2, -0.15) is 0 Å². The summed E-state index contributed by atoms with van der Waals surface area (Å²) in [6, 6.07) is 4.04. The van der Waals surface area contributed by atoms with Gasteiger partial charge < -0.3 is 14.7 Å². The second kappa shape index (κ2) is 5.87. The van der Waals surface area contributed by atoms with E-state index in [9.17, 15) is 5.11 Å². The fraction of sp³-hybridized carbons (Fsp3) is 0.500. The minimum atomic E-state index is 0.303. The van der Waals surface area contributed by atoms with Gasteiger partial charge in [0.15, 0.2) is 5.13 Å². The molecule has 0 aliphatic carbocycles. The van der Waals surface area contributed by atoms with E-state index in [0.717, 1.165) is 51.5 Å². The van der Waals surface area contributed by atoms with Crippen LogP contribution in [0.2, 0.25) is 0 Å². The van der Waals surface area contributed by atoms with Gasteiger partial charge in [-0.3, -0.25) is 0 Å². The van der Waals surface area contributed by atoms with Crippen molar-refractivity contribution in [2.24, 2.45) is 5.92 Å². The monoisotopic (exact) mass is 356 g/mol. The highest BCUT2D eigenvalue weighted by Crippen LogP contribution is 2.36. The Morgan fingerprint density at radius 1 is 1.45 bits per heavy atom. The molecule has 1 aliphatic heterocycles. The third kappa shape index (κ3) is 2.64. The molecule has 6 heteroatoms. The smallest absolute Gasteiger partial charge is 0.186 e. The molecule has 0 bridgehead atoms. The number of benzene rings is 1. The van der Waals surface area contributed by atoms with Crippen LogP contribution in [0.3, 0.4) is 0 Å². The largest absolute Gasteiger partial charge is 0.495 e. The second-order valence-corrected chi connectivity index (χ2v) is 6.93. The lowest BCUT2D eigenvalue weighted by atomic mass is 9.98. The molecule has 1 fully saturated rings. The normalized spacial score (nSPS) is 16.9. The van der Waals surface area contributed by atoms with Gasteiger partial charge in [0.1, 0.15) is 5.75 Å². The maximum absolute atomic E-state index is 9.20. The fourth-order valence-corrected chi connectivity index (χ4v) is 4.21. The van der Waals surface area contributed by atoms with Gasteiger partial charge in [-0.25, -0.2) is 4.98 Å². The van der Waals surface area contributed by atoms with E-state index in [2.05, 4.69) is 26.9 Å². The summed E-state index contributed by atoms with van der Waals surface area (Å²) in [5.41, 5.74) is 0.981. The molecule has 0 radical (unpaired) electrons. The highest BCUT2D eigenvalue weighted by Gasteiger charge is 2.21. The molecule has 0 unspecified atom stereocenters. The van der Waals surface area contributed by atoms with Crippen molar-refractivity contribution in [1.29, 1.82) is 0 Å². The van der Waals surface area contributed by atoms with Crippen LogP contribution in [0.4, 0.5) is 5.13 Å². The topological polar surface area (TPSA) is 45.6 Å². The molecular weight excluding hydrogens is 340 g/mol. The average Bonchev–Trinajstić information content (AvgIpc) is 2.89. The second-order valence-electron chi connectivity index (χ2n) is 5.06. The first-order valence-electron chi connectivity index (χ1n) is 6.71. The van der Waals surface area contributed by atoms with Crippen LogP contribution >= 0.6 is 27.3 Å². The summed E-state index contributed by atoms with van der Waals surface area (Å²) in [7, 11) is 1.67. The third-order valence-electron chi connectivity index (χ3n) is 3.79. The highest BCUT2D eigenvalue weighted by atomic mass is 79.9. The van der Waals surface area contributed by atoms with Gasteiger partial charge in [-0.05, 0) is 40.8 Å². The SMILES string of the molecule is COc1cc2nc(N3CCC(CO)CC3)sc2cc1Br. The molecule has 108 valence electrons. The van der Waals surface area contributed by atoms with E-state index in [0.29, 0.717) is 12.5 Å². The van der Waals surface area contributed by atoms with Crippen molar-refractivity contribution in [3.63, 3.8) is 0 Å². The van der Waals surface area contributed by atoms with Crippen LogP contribution in [0.5, 0.6) is 5.75 Å².